The van der Waals surface area contributed by atoms with Crippen molar-refractivity contribution < 1.29 is 23.8 Å². The van der Waals surface area contributed by atoms with Crippen LogP contribution in [0.15, 0.2) is 18.2 Å². The average molecular weight is 321 g/mol. The number of hydrogen-bond donors (Lipinski definition) is 1. The lowest BCUT2D eigenvalue weighted by Crippen LogP contribution is -2.25. The molecule has 126 valence electrons. The molecule has 1 aliphatic carbocycles. The van der Waals surface area contributed by atoms with Crippen LogP contribution in [-0.2, 0) is 9.53 Å². The molecule has 0 aromatic heterocycles. The zero-order valence-corrected chi connectivity index (χ0v) is 13.6. The number of hydrogen-bond acceptors (Lipinski definition) is 5. The van der Waals surface area contributed by atoms with Crippen LogP contribution in [0.4, 0.5) is 0 Å². The fraction of sp³-hybridized carbons (Fsp3) is 0.529. The maximum atomic E-state index is 12.2. The van der Waals surface area contributed by atoms with Crippen LogP contribution in [0.5, 0.6) is 11.5 Å². The van der Waals surface area contributed by atoms with Gasteiger partial charge >= 0.3 is 5.97 Å². The van der Waals surface area contributed by atoms with E-state index in [1.165, 1.54) is 20.6 Å². The lowest BCUT2D eigenvalue weighted by atomic mass is 9.98. The quantitative estimate of drug-likeness (QED) is 0.814. The first-order chi connectivity index (χ1) is 11.1. The van der Waals surface area contributed by atoms with E-state index in [1.807, 2.05) is 0 Å². The Hall–Kier alpha value is -2.24. The van der Waals surface area contributed by atoms with Gasteiger partial charge in [0.15, 0.2) is 18.1 Å². The number of amides is 1. The number of likely N-dealkylation sites (N-methyl/N-ethyl adjacent to an activating group) is 1. The lowest BCUT2D eigenvalue weighted by Gasteiger charge is -2.22. The van der Waals surface area contributed by atoms with Gasteiger partial charge in [-0.15, -0.1) is 0 Å². The second-order valence-electron chi connectivity index (χ2n) is 5.49. The Balaban J connectivity index is 2.02. The topological polar surface area (TPSA) is 73.9 Å². The molecule has 6 heteroatoms. The molecule has 1 fully saturated rings. The molecule has 0 heterocycles. The highest BCUT2D eigenvalue weighted by atomic mass is 16.5. The SMILES string of the molecule is CNC(=O)COc1ccc(C(=O)OC2CCCCC2)cc1OC. The van der Waals surface area contributed by atoms with Gasteiger partial charge < -0.3 is 19.5 Å². The van der Waals surface area contributed by atoms with Gasteiger partial charge in [-0.1, -0.05) is 6.42 Å². The normalized spacial score (nSPS) is 14.9. The monoisotopic (exact) mass is 321 g/mol. The van der Waals surface area contributed by atoms with Crippen molar-refractivity contribution in [3.63, 3.8) is 0 Å². The molecule has 1 aromatic rings. The first kappa shape index (κ1) is 17.1. The Morgan fingerprint density at radius 1 is 1.17 bits per heavy atom. The number of rotatable bonds is 6. The first-order valence-electron chi connectivity index (χ1n) is 7.86. The maximum absolute atomic E-state index is 12.2. The smallest absolute Gasteiger partial charge is 0.338 e. The van der Waals surface area contributed by atoms with E-state index in [-0.39, 0.29) is 24.6 Å². The molecule has 1 aromatic carbocycles. The van der Waals surface area contributed by atoms with Gasteiger partial charge in [-0.3, -0.25) is 4.79 Å². The molecule has 1 aliphatic rings. The van der Waals surface area contributed by atoms with E-state index >= 15 is 0 Å². The Bertz CT molecular complexity index is 552. The van der Waals surface area contributed by atoms with Crippen LogP contribution in [-0.4, -0.2) is 38.7 Å². The van der Waals surface area contributed by atoms with E-state index in [0.717, 1.165) is 25.7 Å². The zero-order valence-electron chi connectivity index (χ0n) is 13.6. The standard InChI is InChI=1S/C17H23NO5/c1-18-16(19)11-22-14-9-8-12(10-15(14)21-2)17(20)23-13-6-4-3-5-7-13/h8-10,13H,3-7,11H2,1-2H3,(H,18,19). The van der Waals surface area contributed by atoms with Gasteiger partial charge in [-0.2, -0.15) is 0 Å². The lowest BCUT2D eigenvalue weighted by molar-refractivity contribution is -0.122. The molecule has 0 saturated heterocycles. The minimum Gasteiger partial charge on any atom is -0.493 e. The van der Waals surface area contributed by atoms with Gasteiger partial charge in [-0.25, -0.2) is 4.79 Å². The van der Waals surface area contributed by atoms with E-state index in [4.69, 9.17) is 14.2 Å². The Kier molecular flexibility index (Phi) is 6.26. The van der Waals surface area contributed by atoms with E-state index in [2.05, 4.69) is 5.32 Å². The molecule has 0 atom stereocenters. The number of methoxy groups -OCH3 is 1. The van der Waals surface area contributed by atoms with Gasteiger partial charge in [0.1, 0.15) is 6.10 Å². The van der Waals surface area contributed by atoms with Crippen LogP contribution in [0.1, 0.15) is 42.5 Å². The van der Waals surface area contributed by atoms with Crippen molar-refractivity contribution >= 4 is 11.9 Å². The van der Waals surface area contributed by atoms with Crippen molar-refractivity contribution in [2.45, 2.75) is 38.2 Å². The van der Waals surface area contributed by atoms with Crippen LogP contribution in [0, 0.1) is 0 Å². The summed E-state index contributed by atoms with van der Waals surface area (Å²) in [5, 5.41) is 2.47. The minimum absolute atomic E-state index is 0.00595. The fourth-order valence-electron chi connectivity index (χ4n) is 2.53. The summed E-state index contributed by atoms with van der Waals surface area (Å²) in [5.41, 5.74) is 0.416. The van der Waals surface area contributed by atoms with Gasteiger partial charge in [0, 0.05) is 7.05 Å². The molecule has 2 rings (SSSR count). The predicted octanol–water partition coefficient (Wildman–Crippen LogP) is 2.31. The highest BCUT2D eigenvalue weighted by Gasteiger charge is 2.20. The summed E-state index contributed by atoms with van der Waals surface area (Å²) in [6.45, 7) is -0.112. The van der Waals surface area contributed by atoms with E-state index in [0.29, 0.717) is 17.1 Å². The zero-order chi connectivity index (χ0) is 16.7. The molecule has 1 amide bonds. The Labute approximate surface area is 136 Å². The molecule has 6 nitrogen and oxygen atoms in total. The number of nitrogens with one attached hydrogen (secondary N) is 1. The minimum atomic E-state index is -0.354. The molecule has 1 saturated carbocycles. The number of esters is 1. The van der Waals surface area contributed by atoms with E-state index in [1.54, 1.807) is 18.2 Å². The van der Waals surface area contributed by atoms with Crippen molar-refractivity contribution in [3.8, 4) is 11.5 Å². The molecule has 1 N–H and O–H groups in total. The number of carbonyl (C=O) groups is 2. The average Bonchev–Trinajstić information content (AvgIpc) is 2.60. The van der Waals surface area contributed by atoms with E-state index < -0.39 is 0 Å². The van der Waals surface area contributed by atoms with Crippen molar-refractivity contribution in [2.75, 3.05) is 20.8 Å². The highest BCUT2D eigenvalue weighted by Crippen LogP contribution is 2.29. The third kappa shape index (κ3) is 4.87. The summed E-state index contributed by atoms with van der Waals surface area (Å²) in [4.78, 5) is 23.5. The molecular formula is C17H23NO5. The predicted molar refractivity (Wildman–Crippen MR) is 84.8 cm³/mol. The molecule has 23 heavy (non-hydrogen) atoms. The largest absolute Gasteiger partial charge is 0.493 e. The van der Waals surface area contributed by atoms with Gasteiger partial charge in [0.25, 0.3) is 5.91 Å². The summed E-state index contributed by atoms with van der Waals surface area (Å²) >= 11 is 0. The summed E-state index contributed by atoms with van der Waals surface area (Å²) in [7, 11) is 3.02. The summed E-state index contributed by atoms with van der Waals surface area (Å²) in [5.74, 6) is 0.207. The van der Waals surface area contributed by atoms with Crippen molar-refractivity contribution in [1.82, 2.24) is 5.32 Å². The second-order valence-corrected chi connectivity index (χ2v) is 5.49. The summed E-state index contributed by atoms with van der Waals surface area (Å²) < 4.78 is 16.1. The van der Waals surface area contributed by atoms with Crippen LogP contribution >= 0.6 is 0 Å². The van der Waals surface area contributed by atoms with Gasteiger partial charge in [0.2, 0.25) is 0 Å². The third-order valence-corrected chi connectivity index (χ3v) is 3.86. The fourth-order valence-corrected chi connectivity index (χ4v) is 2.53. The third-order valence-electron chi connectivity index (χ3n) is 3.86. The van der Waals surface area contributed by atoms with Gasteiger partial charge in [0.05, 0.1) is 12.7 Å². The van der Waals surface area contributed by atoms with Crippen LogP contribution < -0.4 is 14.8 Å². The van der Waals surface area contributed by atoms with Gasteiger partial charge in [-0.05, 0) is 43.9 Å². The second kappa shape index (κ2) is 8.41. The first-order valence-corrected chi connectivity index (χ1v) is 7.86. The molecule has 0 aliphatic heterocycles. The van der Waals surface area contributed by atoms with Crippen molar-refractivity contribution in [2.24, 2.45) is 0 Å². The molecule has 0 bridgehead atoms. The number of carbonyl (C=O) groups excluding carboxylic acids is 2. The molecule has 0 radical (unpaired) electrons. The van der Waals surface area contributed by atoms with Crippen molar-refractivity contribution in [1.29, 1.82) is 0 Å². The van der Waals surface area contributed by atoms with Crippen LogP contribution in [0.3, 0.4) is 0 Å². The summed E-state index contributed by atoms with van der Waals surface area (Å²) in [6.07, 6.45) is 5.28. The Morgan fingerprint density at radius 3 is 2.57 bits per heavy atom. The summed E-state index contributed by atoms with van der Waals surface area (Å²) in [6, 6.07) is 4.80. The molecule has 0 unspecified atom stereocenters. The number of benzene rings is 1. The highest BCUT2D eigenvalue weighted by molar-refractivity contribution is 5.90. The molecular weight excluding hydrogens is 298 g/mol. The van der Waals surface area contributed by atoms with Crippen molar-refractivity contribution in [3.05, 3.63) is 23.8 Å². The van der Waals surface area contributed by atoms with E-state index in [9.17, 15) is 9.59 Å². The Morgan fingerprint density at radius 2 is 1.91 bits per heavy atom. The maximum Gasteiger partial charge on any atom is 0.338 e. The van der Waals surface area contributed by atoms with Crippen LogP contribution in [0.2, 0.25) is 0 Å². The van der Waals surface area contributed by atoms with Crippen LogP contribution in [0.25, 0.3) is 0 Å². The molecule has 0 spiro atoms. The number of ether oxygens (including phenoxy) is 3.